The lowest BCUT2D eigenvalue weighted by molar-refractivity contribution is 0.544. The van der Waals surface area contributed by atoms with Gasteiger partial charge in [0.15, 0.2) is 0 Å². The maximum atomic E-state index is 2.35. The Kier molecular flexibility index (Phi) is 5.40. The van der Waals surface area contributed by atoms with Gasteiger partial charge in [0, 0.05) is 0 Å². The van der Waals surface area contributed by atoms with Crippen molar-refractivity contribution in [1.29, 1.82) is 0 Å². The zero-order chi connectivity index (χ0) is 14.4. The molecule has 2 unspecified atom stereocenters. The van der Waals surface area contributed by atoms with Gasteiger partial charge in [-0.1, -0.05) is 75.4 Å². The minimum Gasteiger partial charge on any atom is -0.0648 e. The van der Waals surface area contributed by atoms with Crippen molar-refractivity contribution in [2.24, 2.45) is 0 Å². The van der Waals surface area contributed by atoms with Gasteiger partial charge in [0.2, 0.25) is 0 Å². The summed E-state index contributed by atoms with van der Waals surface area (Å²) in [6, 6.07) is 20.1. The molecule has 0 aromatic heterocycles. The van der Waals surface area contributed by atoms with Gasteiger partial charge in [0.1, 0.15) is 0 Å². The molecule has 0 heterocycles. The summed E-state index contributed by atoms with van der Waals surface area (Å²) in [5, 5.41) is 0. The maximum absolute atomic E-state index is 2.35. The molecule has 0 aliphatic carbocycles. The van der Waals surface area contributed by atoms with Crippen molar-refractivity contribution in [2.45, 2.75) is 51.9 Å². The first-order chi connectivity index (χ1) is 9.74. The molecule has 2 rings (SSSR count). The molecule has 0 heteroatoms. The van der Waals surface area contributed by atoms with E-state index in [9.17, 15) is 0 Å². The Balaban J connectivity index is 2.08. The fourth-order valence-electron chi connectivity index (χ4n) is 2.91. The molecule has 0 amide bonds. The van der Waals surface area contributed by atoms with Gasteiger partial charge in [0.05, 0.1) is 0 Å². The van der Waals surface area contributed by atoms with Gasteiger partial charge in [-0.2, -0.15) is 0 Å². The third kappa shape index (κ3) is 3.72. The number of benzene rings is 2. The SMILES string of the molecule is CCc1ccc(C(CC)CC(C)c2ccccc2)cc1. The lowest BCUT2D eigenvalue weighted by Crippen LogP contribution is -2.04. The average molecular weight is 266 g/mol. The summed E-state index contributed by atoms with van der Waals surface area (Å²) in [6.07, 6.45) is 3.56. The topological polar surface area (TPSA) is 0 Å². The highest BCUT2D eigenvalue weighted by atomic mass is 14.2. The summed E-state index contributed by atoms with van der Waals surface area (Å²) in [5.74, 6) is 1.28. The Hall–Kier alpha value is -1.56. The zero-order valence-corrected chi connectivity index (χ0v) is 13.0. The van der Waals surface area contributed by atoms with E-state index in [1.54, 1.807) is 0 Å². The lowest BCUT2D eigenvalue weighted by atomic mass is 9.84. The third-order valence-electron chi connectivity index (χ3n) is 4.36. The predicted octanol–water partition coefficient (Wildman–Crippen LogP) is 5.94. The Morgan fingerprint density at radius 2 is 1.45 bits per heavy atom. The molecular formula is C20H26. The molecule has 20 heavy (non-hydrogen) atoms. The van der Waals surface area contributed by atoms with Gasteiger partial charge >= 0.3 is 0 Å². The highest BCUT2D eigenvalue weighted by molar-refractivity contribution is 5.26. The average Bonchev–Trinajstić information content (AvgIpc) is 2.53. The van der Waals surface area contributed by atoms with Crippen molar-refractivity contribution < 1.29 is 0 Å². The monoisotopic (exact) mass is 266 g/mol. The van der Waals surface area contributed by atoms with Gasteiger partial charge in [-0.3, -0.25) is 0 Å². The Bertz CT molecular complexity index is 495. The van der Waals surface area contributed by atoms with Crippen LogP contribution in [0, 0.1) is 0 Å². The largest absolute Gasteiger partial charge is 0.0648 e. The smallest absolute Gasteiger partial charge is 0.0159 e. The van der Waals surface area contributed by atoms with E-state index in [4.69, 9.17) is 0 Å². The quantitative estimate of drug-likeness (QED) is 0.607. The third-order valence-corrected chi connectivity index (χ3v) is 4.36. The van der Waals surface area contributed by atoms with E-state index in [0.29, 0.717) is 11.8 Å². The van der Waals surface area contributed by atoms with Crippen molar-refractivity contribution in [2.75, 3.05) is 0 Å². The predicted molar refractivity (Wildman–Crippen MR) is 88.3 cm³/mol. The normalized spacial score (nSPS) is 13.9. The van der Waals surface area contributed by atoms with Gasteiger partial charge in [-0.25, -0.2) is 0 Å². The van der Waals surface area contributed by atoms with Gasteiger partial charge < -0.3 is 0 Å². The molecule has 0 fully saturated rings. The van der Waals surface area contributed by atoms with Crippen LogP contribution in [0.5, 0.6) is 0 Å². The molecule has 0 N–H and O–H groups in total. The lowest BCUT2D eigenvalue weighted by Gasteiger charge is -2.21. The van der Waals surface area contributed by atoms with Crippen LogP contribution in [0.25, 0.3) is 0 Å². The Morgan fingerprint density at radius 3 is 2.00 bits per heavy atom. The van der Waals surface area contributed by atoms with E-state index in [1.165, 1.54) is 29.5 Å². The summed E-state index contributed by atoms with van der Waals surface area (Å²) in [6.45, 7) is 6.86. The molecule has 0 spiro atoms. The second-order valence-corrected chi connectivity index (χ2v) is 5.75. The fourth-order valence-corrected chi connectivity index (χ4v) is 2.91. The zero-order valence-electron chi connectivity index (χ0n) is 13.0. The number of aryl methyl sites for hydroxylation is 1. The fraction of sp³-hybridized carbons (Fsp3) is 0.400. The second-order valence-electron chi connectivity index (χ2n) is 5.75. The minimum absolute atomic E-state index is 0.618. The Labute approximate surface area is 123 Å². The molecule has 0 aliphatic heterocycles. The van der Waals surface area contributed by atoms with Crippen LogP contribution in [0.3, 0.4) is 0 Å². The van der Waals surface area contributed by atoms with E-state index in [-0.39, 0.29) is 0 Å². The van der Waals surface area contributed by atoms with E-state index in [2.05, 4.69) is 75.4 Å². The van der Waals surface area contributed by atoms with Crippen LogP contribution in [0.15, 0.2) is 54.6 Å². The van der Waals surface area contributed by atoms with Crippen LogP contribution in [-0.2, 0) is 6.42 Å². The summed E-state index contributed by atoms with van der Waals surface area (Å²) >= 11 is 0. The van der Waals surface area contributed by atoms with E-state index >= 15 is 0 Å². The van der Waals surface area contributed by atoms with E-state index in [0.717, 1.165) is 6.42 Å². The molecule has 2 aromatic carbocycles. The summed E-state index contributed by atoms with van der Waals surface area (Å²) in [7, 11) is 0. The molecule has 0 bridgehead atoms. The molecule has 0 saturated carbocycles. The van der Waals surface area contributed by atoms with Gasteiger partial charge in [0.25, 0.3) is 0 Å². The summed E-state index contributed by atoms with van der Waals surface area (Å²) in [4.78, 5) is 0. The van der Waals surface area contributed by atoms with Crippen LogP contribution in [0.4, 0.5) is 0 Å². The molecule has 0 nitrogen and oxygen atoms in total. The first-order valence-corrected chi connectivity index (χ1v) is 7.88. The molecule has 0 radical (unpaired) electrons. The molecule has 2 atom stereocenters. The number of hydrogen-bond donors (Lipinski definition) is 0. The summed E-state index contributed by atoms with van der Waals surface area (Å²) < 4.78 is 0. The van der Waals surface area contributed by atoms with Crippen LogP contribution in [0.2, 0.25) is 0 Å². The number of rotatable bonds is 6. The van der Waals surface area contributed by atoms with Gasteiger partial charge in [-0.15, -0.1) is 0 Å². The highest BCUT2D eigenvalue weighted by Crippen LogP contribution is 2.31. The van der Waals surface area contributed by atoms with Crippen LogP contribution in [0.1, 0.15) is 62.1 Å². The minimum atomic E-state index is 0.618. The van der Waals surface area contributed by atoms with Crippen molar-refractivity contribution >= 4 is 0 Å². The second kappa shape index (κ2) is 7.28. The van der Waals surface area contributed by atoms with E-state index < -0.39 is 0 Å². The first kappa shape index (κ1) is 14.8. The van der Waals surface area contributed by atoms with Crippen molar-refractivity contribution in [3.63, 3.8) is 0 Å². The van der Waals surface area contributed by atoms with Crippen molar-refractivity contribution in [1.82, 2.24) is 0 Å². The molecule has 0 aliphatic rings. The van der Waals surface area contributed by atoms with Crippen molar-refractivity contribution in [3.05, 3.63) is 71.3 Å². The van der Waals surface area contributed by atoms with Gasteiger partial charge in [-0.05, 0) is 47.8 Å². The Morgan fingerprint density at radius 1 is 0.800 bits per heavy atom. The molecular weight excluding hydrogens is 240 g/mol. The summed E-state index contributed by atoms with van der Waals surface area (Å²) in [5.41, 5.74) is 4.38. The molecule has 0 saturated heterocycles. The van der Waals surface area contributed by atoms with Crippen molar-refractivity contribution in [3.8, 4) is 0 Å². The maximum Gasteiger partial charge on any atom is -0.0159 e. The van der Waals surface area contributed by atoms with Crippen LogP contribution < -0.4 is 0 Å². The highest BCUT2D eigenvalue weighted by Gasteiger charge is 2.14. The number of hydrogen-bond acceptors (Lipinski definition) is 0. The molecule has 106 valence electrons. The standard InChI is InChI=1S/C20H26/c1-4-17-11-13-20(14-12-17)18(5-2)15-16(3)19-9-7-6-8-10-19/h6-14,16,18H,4-5,15H2,1-3H3. The van der Waals surface area contributed by atoms with Crippen LogP contribution in [-0.4, -0.2) is 0 Å². The first-order valence-electron chi connectivity index (χ1n) is 7.88. The van der Waals surface area contributed by atoms with E-state index in [1.807, 2.05) is 0 Å². The van der Waals surface area contributed by atoms with Crippen LogP contribution >= 0.6 is 0 Å². The molecule has 2 aromatic rings.